The van der Waals surface area contributed by atoms with Gasteiger partial charge in [0, 0.05) is 5.75 Å². The molecule has 0 N–H and O–H groups in total. The topological polar surface area (TPSA) is 63.2 Å². The molecule has 0 spiro atoms. The van der Waals surface area contributed by atoms with Gasteiger partial charge < -0.3 is 4.74 Å². The van der Waals surface area contributed by atoms with Crippen LogP contribution in [-0.4, -0.2) is 27.0 Å². The predicted molar refractivity (Wildman–Crippen MR) is 95.7 cm³/mol. The second kappa shape index (κ2) is 6.51. The molecule has 4 rings (SSSR count). The molecule has 0 aliphatic rings. The van der Waals surface area contributed by atoms with Gasteiger partial charge in [-0.2, -0.15) is 5.26 Å². The molecule has 0 aliphatic heterocycles. The number of ether oxygens (including phenoxy) is 1. The van der Waals surface area contributed by atoms with Gasteiger partial charge in [-0.3, -0.25) is 4.40 Å². The average Bonchev–Trinajstić information content (AvgIpc) is 3.18. The SMILES string of the molecule is N#Cc1cccc(OCCSc2nnc3sc4ccccc4n23)c1. The van der Waals surface area contributed by atoms with Gasteiger partial charge in [-0.15, -0.1) is 10.2 Å². The second-order valence-electron chi connectivity index (χ2n) is 5.01. The Kier molecular flexibility index (Phi) is 4.07. The van der Waals surface area contributed by atoms with Crippen molar-refractivity contribution in [3.63, 3.8) is 0 Å². The number of hydrogen-bond acceptors (Lipinski definition) is 6. The van der Waals surface area contributed by atoms with Crippen molar-refractivity contribution in [1.29, 1.82) is 5.26 Å². The molecule has 118 valence electrons. The lowest BCUT2D eigenvalue weighted by molar-refractivity contribution is 0.344. The zero-order chi connectivity index (χ0) is 16.4. The van der Waals surface area contributed by atoms with Gasteiger partial charge in [-0.1, -0.05) is 41.3 Å². The average molecular weight is 352 g/mol. The maximum Gasteiger partial charge on any atom is 0.217 e. The maximum absolute atomic E-state index is 8.90. The molecule has 0 aliphatic carbocycles. The lowest BCUT2D eigenvalue weighted by Gasteiger charge is -2.05. The molecule has 2 aromatic heterocycles. The Morgan fingerprint density at radius 1 is 1.17 bits per heavy atom. The van der Waals surface area contributed by atoms with Crippen LogP contribution in [0.25, 0.3) is 15.2 Å². The molecule has 0 saturated carbocycles. The number of benzene rings is 2. The third-order valence-corrected chi connectivity index (χ3v) is 5.36. The molecule has 0 radical (unpaired) electrons. The van der Waals surface area contributed by atoms with E-state index in [1.807, 2.05) is 24.3 Å². The van der Waals surface area contributed by atoms with Gasteiger partial charge in [0.1, 0.15) is 5.75 Å². The number of rotatable bonds is 5. The molecule has 0 saturated heterocycles. The second-order valence-corrected chi connectivity index (χ2v) is 7.08. The van der Waals surface area contributed by atoms with Crippen LogP contribution in [0, 0.1) is 11.3 Å². The highest BCUT2D eigenvalue weighted by molar-refractivity contribution is 7.99. The summed E-state index contributed by atoms with van der Waals surface area (Å²) in [5.74, 6) is 1.46. The minimum Gasteiger partial charge on any atom is -0.493 e. The van der Waals surface area contributed by atoms with Crippen LogP contribution in [0.3, 0.4) is 0 Å². The molecular formula is C17H12N4OS2. The summed E-state index contributed by atoms with van der Waals surface area (Å²) in [5, 5.41) is 18.3. The normalized spacial score (nSPS) is 11.0. The van der Waals surface area contributed by atoms with E-state index in [0.717, 1.165) is 21.4 Å². The summed E-state index contributed by atoms with van der Waals surface area (Å²) in [6.45, 7) is 0.538. The smallest absolute Gasteiger partial charge is 0.217 e. The van der Waals surface area contributed by atoms with E-state index in [2.05, 4.69) is 32.8 Å². The first-order chi connectivity index (χ1) is 11.8. The van der Waals surface area contributed by atoms with Crippen LogP contribution < -0.4 is 4.74 Å². The summed E-state index contributed by atoms with van der Waals surface area (Å²) in [4.78, 5) is 0.904. The Labute approximate surface area is 146 Å². The predicted octanol–water partition coefficient (Wildman–Crippen LogP) is 3.99. The van der Waals surface area contributed by atoms with Crippen molar-refractivity contribution in [1.82, 2.24) is 14.6 Å². The molecular weight excluding hydrogens is 340 g/mol. The molecule has 5 nitrogen and oxygen atoms in total. The number of fused-ring (bicyclic) bond motifs is 3. The Morgan fingerprint density at radius 2 is 2.08 bits per heavy atom. The van der Waals surface area contributed by atoms with E-state index >= 15 is 0 Å². The molecule has 0 bridgehead atoms. The van der Waals surface area contributed by atoms with Crippen LogP contribution in [0.2, 0.25) is 0 Å². The van der Waals surface area contributed by atoms with Crippen molar-refractivity contribution >= 4 is 38.3 Å². The molecule has 0 atom stereocenters. The zero-order valence-corrected chi connectivity index (χ0v) is 14.2. The number of para-hydroxylation sites is 1. The summed E-state index contributed by atoms with van der Waals surface area (Å²) in [5.41, 5.74) is 1.73. The van der Waals surface area contributed by atoms with Gasteiger partial charge in [-0.25, -0.2) is 0 Å². The van der Waals surface area contributed by atoms with Crippen LogP contribution in [0.5, 0.6) is 5.75 Å². The summed E-state index contributed by atoms with van der Waals surface area (Å²) in [6.07, 6.45) is 0. The van der Waals surface area contributed by atoms with Gasteiger partial charge in [0.05, 0.1) is 28.5 Å². The molecule has 0 fully saturated rings. The van der Waals surface area contributed by atoms with E-state index in [9.17, 15) is 0 Å². The first-order valence-electron chi connectivity index (χ1n) is 7.33. The van der Waals surface area contributed by atoms with E-state index < -0.39 is 0 Å². The van der Waals surface area contributed by atoms with Crippen LogP contribution in [0.15, 0.2) is 53.7 Å². The highest BCUT2D eigenvalue weighted by Crippen LogP contribution is 2.29. The molecule has 2 heterocycles. The highest BCUT2D eigenvalue weighted by Gasteiger charge is 2.12. The number of thiazole rings is 1. The van der Waals surface area contributed by atoms with Gasteiger partial charge in [0.15, 0.2) is 5.16 Å². The summed E-state index contributed by atoms with van der Waals surface area (Å²) < 4.78 is 8.99. The van der Waals surface area contributed by atoms with Crippen molar-refractivity contribution in [2.75, 3.05) is 12.4 Å². The van der Waals surface area contributed by atoms with Crippen molar-refractivity contribution in [3.8, 4) is 11.8 Å². The Morgan fingerprint density at radius 3 is 3.00 bits per heavy atom. The first-order valence-corrected chi connectivity index (χ1v) is 9.14. The Bertz CT molecular complexity index is 1050. The minimum absolute atomic E-state index is 0.538. The molecule has 7 heteroatoms. The Balaban J connectivity index is 1.44. The third-order valence-electron chi connectivity index (χ3n) is 3.46. The van der Waals surface area contributed by atoms with E-state index in [-0.39, 0.29) is 0 Å². The van der Waals surface area contributed by atoms with Gasteiger partial charge in [-0.05, 0) is 30.3 Å². The molecule has 24 heavy (non-hydrogen) atoms. The van der Waals surface area contributed by atoms with Crippen LogP contribution >= 0.6 is 23.1 Å². The van der Waals surface area contributed by atoms with Crippen LogP contribution in [0.1, 0.15) is 5.56 Å². The standard InChI is InChI=1S/C17H12N4OS2/c18-11-12-4-3-5-13(10-12)22-8-9-23-16-19-20-17-21(16)14-6-1-2-7-15(14)24-17/h1-7,10H,8-9H2. The van der Waals surface area contributed by atoms with Gasteiger partial charge >= 0.3 is 0 Å². The monoisotopic (exact) mass is 352 g/mol. The van der Waals surface area contributed by atoms with Crippen molar-refractivity contribution in [2.24, 2.45) is 0 Å². The van der Waals surface area contributed by atoms with Gasteiger partial charge in [0.25, 0.3) is 0 Å². The highest BCUT2D eigenvalue weighted by atomic mass is 32.2. The first kappa shape index (κ1) is 15.0. The van der Waals surface area contributed by atoms with Crippen molar-refractivity contribution in [3.05, 3.63) is 54.1 Å². The van der Waals surface area contributed by atoms with E-state index in [1.165, 1.54) is 4.70 Å². The minimum atomic E-state index is 0.538. The fraction of sp³-hybridized carbons (Fsp3) is 0.118. The van der Waals surface area contributed by atoms with Crippen molar-refractivity contribution < 1.29 is 4.74 Å². The fourth-order valence-electron chi connectivity index (χ4n) is 2.40. The summed E-state index contributed by atoms with van der Waals surface area (Å²) >= 11 is 3.25. The molecule has 4 aromatic rings. The maximum atomic E-state index is 8.90. The summed E-state index contributed by atoms with van der Waals surface area (Å²) in [7, 11) is 0. The molecule has 0 amide bonds. The number of hydrogen-bond donors (Lipinski definition) is 0. The number of nitrogens with zero attached hydrogens (tertiary/aromatic N) is 4. The van der Waals surface area contributed by atoms with Gasteiger partial charge in [0.2, 0.25) is 4.96 Å². The van der Waals surface area contributed by atoms with E-state index in [4.69, 9.17) is 10.00 Å². The van der Waals surface area contributed by atoms with Crippen LogP contribution in [-0.2, 0) is 0 Å². The van der Waals surface area contributed by atoms with E-state index in [1.54, 1.807) is 35.2 Å². The third kappa shape index (κ3) is 2.82. The lowest BCUT2D eigenvalue weighted by Crippen LogP contribution is -2.01. The van der Waals surface area contributed by atoms with Crippen molar-refractivity contribution in [2.45, 2.75) is 5.16 Å². The quantitative estimate of drug-likeness (QED) is 0.401. The van der Waals surface area contributed by atoms with E-state index in [0.29, 0.717) is 17.9 Å². The largest absolute Gasteiger partial charge is 0.493 e. The molecule has 0 unspecified atom stereocenters. The summed E-state index contributed by atoms with van der Waals surface area (Å²) in [6, 6.07) is 17.5. The van der Waals surface area contributed by atoms with Crippen LogP contribution in [0.4, 0.5) is 0 Å². The number of aromatic nitrogens is 3. The lowest BCUT2D eigenvalue weighted by atomic mass is 10.2. The fourth-order valence-corrected chi connectivity index (χ4v) is 4.18. The number of thioether (sulfide) groups is 1. The zero-order valence-electron chi connectivity index (χ0n) is 12.5. The molecule has 2 aromatic carbocycles. The Hall–Kier alpha value is -2.56. The number of nitriles is 1.